The number of carboxylic acid groups (broad SMARTS) is 1. The van der Waals surface area contributed by atoms with Crippen molar-refractivity contribution in [1.82, 2.24) is 0 Å². The van der Waals surface area contributed by atoms with E-state index in [9.17, 15) is 4.79 Å². The molecule has 0 spiro atoms. The van der Waals surface area contributed by atoms with Gasteiger partial charge >= 0.3 is 13.1 Å². The van der Waals surface area contributed by atoms with Gasteiger partial charge in [0.1, 0.15) is 12.3 Å². The van der Waals surface area contributed by atoms with Crippen molar-refractivity contribution >= 4 is 24.2 Å². The molecule has 0 saturated carbocycles. The van der Waals surface area contributed by atoms with E-state index in [1.165, 1.54) is 0 Å². The second-order valence-electron chi connectivity index (χ2n) is 6.52. The van der Waals surface area contributed by atoms with Crippen molar-refractivity contribution in [3.05, 3.63) is 18.2 Å². The van der Waals surface area contributed by atoms with E-state index < -0.39 is 24.3 Å². The Morgan fingerprint density at radius 3 is 2.39 bits per heavy atom. The van der Waals surface area contributed by atoms with E-state index in [2.05, 4.69) is 5.32 Å². The van der Waals surface area contributed by atoms with E-state index in [0.717, 1.165) is 5.46 Å². The molecule has 1 aliphatic rings. The number of hydrogen-bond acceptors (Lipinski definition) is 5. The number of aliphatic carboxylic acids is 1. The Hall–Kier alpha value is -1.73. The van der Waals surface area contributed by atoms with E-state index in [1.807, 2.05) is 46.8 Å². The molecule has 2 N–H and O–H groups in total. The van der Waals surface area contributed by atoms with Crippen LogP contribution in [0.2, 0.25) is 0 Å². The summed E-state index contributed by atoms with van der Waals surface area (Å²) in [5.41, 5.74) is 0.648. The fourth-order valence-electron chi connectivity index (χ4n) is 2.26. The minimum Gasteiger partial charge on any atom is -0.492 e. The van der Waals surface area contributed by atoms with Gasteiger partial charge in [0.05, 0.1) is 23.5 Å². The monoisotopic (exact) mass is 321 g/mol. The van der Waals surface area contributed by atoms with E-state index >= 15 is 0 Å². The molecule has 1 saturated heterocycles. The lowest BCUT2D eigenvalue weighted by Crippen LogP contribution is -2.41. The van der Waals surface area contributed by atoms with Crippen LogP contribution in [0.3, 0.4) is 0 Å². The molecule has 1 aromatic carbocycles. The quantitative estimate of drug-likeness (QED) is 0.779. The summed E-state index contributed by atoms with van der Waals surface area (Å²) in [6, 6.07) is 5.47. The number of nitrogens with one attached hydrogen (secondary N) is 1. The molecule has 0 aromatic heterocycles. The van der Waals surface area contributed by atoms with Crippen molar-refractivity contribution in [3.63, 3.8) is 0 Å². The number of ether oxygens (including phenoxy) is 1. The number of hydrogen-bond donors (Lipinski definition) is 2. The van der Waals surface area contributed by atoms with E-state index in [4.69, 9.17) is 19.2 Å². The van der Waals surface area contributed by atoms with E-state index in [-0.39, 0.29) is 6.54 Å². The van der Waals surface area contributed by atoms with Crippen LogP contribution in [0, 0.1) is 0 Å². The summed E-state index contributed by atoms with van der Waals surface area (Å²) >= 11 is 0. The SMILES string of the molecule is CCOc1cc(B2OC(C)(C)C(C)(C)O2)ccc1NCC(=O)O. The molecular formula is C16H24BNO5. The number of carbonyl (C=O) groups is 1. The predicted molar refractivity (Wildman–Crippen MR) is 89.5 cm³/mol. The second-order valence-corrected chi connectivity index (χ2v) is 6.52. The third-order valence-electron chi connectivity index (χ3n) is 4.26. The fourth-order valence-corrected chi connectivity index (χ4v) is 2.26. The van der Waals surface area contributed by atoms with Crippen molar-refractivity contribution in [3.8, 4) is 5.75 Å². The van der Waals surface area contributed by atoms with Gasteiger partial charge in [-0.3, -0.25) is 4.79 Å². The van der Waals surface area contributed by atoms with Crippen LogP contribution >= 0.6 is 0 Å². The van der Waals surface area contributed by atoms with Crippen LogP contribution in [-0.2, 0) is 14.1 Å². The molecule has 0 amide bonds. The van der Waals surface area contributed by atoms with E-state index in [0.29, 0.717) is 18.0 Å². The van der Waals surface area contributed by atoms with Crippen LogP contribution in [0.4, 0.5) is 5.69 Å². The molecule has 1 aliphatic heterocycles. The summed E-state index contributed by atoms with van der Waals surface area (Å²) in [6.45, 7) is 10.2. The largest absolute Gasteiger partial charge is 0.494 e. The highest BCUT2D eigenvalue weighted by atomic mass is 16.7. The van der Waals surface area contributed by atoms with Gasteiger partial charge in [0.15, 0.2) is 0 Å². The summed E-state index contributed by atoms with van der Waals surface area (Å²) < 4.78 is 17.7. The normalized spacial score (nSPS) is 18.7. The van der Waals surface area contributed by atoms with Gasteiger partial charge in [-0.2, -0.15) is 0 Å². The first-order valence-electron chi connectivity index (χ1n) is 7.74. The summed E-state index contributed by atoms with van der Waals surface area (Å²) in [5, 5.41) is 11.6. The van der Waals surface area contributed by atoms with E-state index in [1.54, 1.807) is 6.07 Å². The van der Waals surface area contributed by atoms with Gasteiger partial charge in [0.25, 0.3) is 0 Å². The van der Waals surface area contributed by atoms with Crippen molar-refractivity contribution in [2.75, 3.05) is 18.5 Å². The maximum absolute atomic E-state index is 10.7. The van der Waals surface area contributed by atoms with Crippen LogP contribution in [0.5, 0.6) is 5.75 Å². The van der Waals surface area contributed by atoms with Gasteiger partial charge < -0.3 is 24.5 Å². The van der Waals surface area contributed by atoms with Crippen molar-refractivity contribution in [2.45, 2.75) is 45.8 Å². The zero-order valence-corrected chi connectivity index (χ0v) is 14.3. The number of carboxylic acids is 1. The molecule has 1 fully saturated rings. The standard InChI is InChI=1S/C16H24BNO5/c1-6-21-13-9-11(7-8-12(13)18-10-14(19)20)17-22-15(2,3)16(4,5)23-17/h7-9,18H,6,10H2,1-5H3,(H,19,20). The van der Waals surface area contributed by atoms with Crippen LogP contribution in [0.25, 0.3) is 0 Å². The summed E-state index contributed by atoms with van der Waals surface area (Å²) in [6.07, 6.45) is 0. The average Bonchev–Trinajstić information content (AvgIpc) is 2.66. The predicted octanol–water partition coefficient (Wildman–Crippen LogP) is 1.88. The Balaban J connectivity index is 2.24. The highest BCUT2D eigenvalue weighted by Gasteiger charge is 2.51. The Morgan fingerprint density at radius 1 is 1.26 bits per heavy atom. The molecule has 126 valence electrons. The molecule has 1 aromatic rings. The summed E-state index contributed by atoms with van der Waals surface area (Å²) in [7, 11) is -0.479. The van der Waals surface area contributed by atoms with Gasteiger partial charge in [-0.05, 0) is 52.2 Å². The minimum absolute atomic E-state index is 0.171. The first-order chi connectivity index (χ1) is 10.7. The van der Waals surface area contributed by atoms with Crippen molar-refractivity contribution < 1.29 is 23.9 Å². The Labute approximate surface area is 137 Å². The molecule has 0 atom stereocenters. The Morgan fingerprint density at radius 2 is 1.87 bits per heavy atom. The van der Waals surface area contributed by atoms with Gasteiger partial charge in [-0.25, -0.2) is 0 Å². The van der Waals surface area contributed by atoms with Crippen molar-refractivity contribution in [2.24, 2.45) is 0 Å². The van der Waals surface area contributed by atoms with Gasteiger partial charge in [0, 0.05) is 0 Å². The lowest BCUT2D eigenvalue weighted by atomic mass is 9.79. The average molecular weight is 321 g/mol. The molecule has 7 heteroatoms. The zero-order chi connectivity index (χ0) is 17.3. The molecule has 23 heavy (non-hydrogen) atoms. The highest BCUT2D eigenvalue weighted by Crippen LogP contribution is 2.37. The number of anilines is 1. The maximum Gasteiger partial charge on any atom is 0.494 e. The third kappa shape index (κ3) is 3.79. The molecular weight excluding hydrogens is 297 g/mol. The van der Waals surface area contributed by atoms with Crippen molar-refractivity contribution in [1.29, 1.82) is 0 Å². The molecule has 0 radical (unpaired) electrons. The lowest BCUT2D eigenvalue weighted by Gasteiger charge is -2.32. The molecule has 6 nitrogen and oxygen atoms in total. The molecule has 0 bridgehead atoms. The summed E-state index contributed by atoms with van der Waals surface area (Å²) in [4.78, 5) is 10.7. The molecule has 0 aliphatic carbocycles. The summed E-state index contributed by atoms with van der Waals surface area (Å²) in [5.74, 6) is -0.344. The fraction of sp³-hybridized carbons (Fsp3) is 0.562. The molecule has 1 heterocycles. The van der Waals surface area contributed by atoms with Crippen LogP contribution in [0.1, 0.15) is 34.6 Å². The van der Waals surface area contributed by atoms with Gasteiger partial charge in [-0.1, -0.05) is 6.07 Å². The Bertz CT molecular complexity index is 572. The van der Waals surface area contributed by atoms with Gasteiger partial charge in [-0.15, -0.1) is 0 Å². The van der Waals surface area contributed by atoms with Crippen LogP contribution in [-0.4, -0.2) is 42.5 Å². The smallest absolute Gasteiger partial charge is 0.492 e. The highest BCUT2D eigenvalue weighted by molar-refractivity contribution is 6.62. The first-order valence-corrected chi connectivity index (χ1v) is 7.74. The maximum atomic E-state index is 10.7. The topological polar surface area (TPSA) is 77.0 Å². The third-order valence-corrected chi connectivity index (χ3v) is 4.26. The lowest BCUT2D eigenvalue weighted by molar-refractivity contribution is -0.134. The van der Waals surface area contributed by atoms with Crippen LogP contribution in [0.15, 0.2) is 18.2 Å². The molecule has 2 rings (SSSR count). The second kappa shape index (κ2) is 6.41. The number of rotatable bonds is 6. The first kappa shape index (κ1) is 17.6. The van der Waals surface area contributed by atoms with Crippen LogP contribution < -0.4 is 15.5 Å². The van der Waals surface area contributed by atoms with Gasteiger partial charge in [0.2, 0.25) is 0 Å². The zero-order valence-electron chi connectivity index (χ0n) is 14.3. The Kier molecular flexibility index (Phi) is 4.91. The molecule has 0 unspecified atom stereocenters. The minimum atomic E-state index is -0.928. The number of benzene rings is 1.